The van der Waals surface area contributed by atoms with E-state index in [1.807, 2.05) is 6.07 Å². The van der Waals surface area contributed by atoms with E-state index in [0.29, 0.717) is 58.6 Å². The molecule has 3 aromatic rings. The first-order valence-electron chi connectivity index (χ1n) is 13.3. The number of aromatic amines is 1. The van der Waals surface area contributed by atoms with Crippen LogP contribution in [0.4, 0.5) is 4.39 Å². The van der Waals surface area contributed by atoms with Crippen LogP contribution in [0.1, 0.15) is 103 Å². The largest absolute Gasteiger partial charge is 0.494 e. The lowest BCUT2D eigenvalue weighted by Gasteiger charge is -2.27. The highest BCUT2D eigenvalue weighted by atomic mass is 19.1. The highest BCUT2D eigenvalue weighted by Gasteiger charge is 2.32. The van der Waals surface area contributed by atoms with E-state index in [9.17, 15) is 4.79 Å². The molecular weight excluding hydrogens is 461 g/mol. The van der Waals surface area contributed by atoms with Gasteiger partial charge in [-0.25, -0.2) is 9.37 Å². The highest BCUT2D eigenvalue weighted by Crippen LogP contribution is 2.41. The molecule has 1 saturated heterocycles. The lowest BCUT2D eigenvalue weighted by molar-refractivity contribution is 0.0846. The Kier molecular flexibility index (Phi) is 7.70. The van der Waals surface area contributed by atoms with Gasteiger partial charge in [-0.05, 0) is 56.1 Å². The third-order valence-corrected chi connectivity index (χ3v) is 8.12. The van der Waals surface area contributed by atoms with Gasteiger partial charge in [-0.15, -0.1) is 0 Å². The average Bonchev–Trinajstić information content (AvgIpc) is 3.51. The number of hydrogen-bond acceptors (Lipinski definition) is 6. The smallest absolute Gasteiger partial charge is 0.168 e. The first kappa shape index (κ1) is 24.9. The minimum Gasteiger partial charge on any atom is -0.494 e. The number of rotatable bonds is 7. The van der Waals surface area contributed by atoms with Crippen molar-refractivity contribution in [3.63, 3.8) is 0 Å². The summed E-state index contributed by atoms with van der Waals surface area (Å²) in [4.78, 5) is 21.5. The molecule has 1 atom stereocenters. The van der Waals surface area contributed by atoms with E-state index >= 15 is 4.39 Å². The fraction of sp³-hybridized carbons (Fsp3) is 0.607. The third-order valence-electron chi connectivity index (χ3n) is 8.12. The molecule has 1 aliphatic heterocycles. The van der Waals surface area contributed by atoms with Crippen molar-refractivity contribution in [2.45, 2.75) is 83.0 Å². The van der Waals surface area contributed by atoms with Crippen LogP contribution < -0.4 is 4.74 Å². The standard InChI is InChI=1S/C28H36FN3O4/c1-17-22(16-36-32-17)23(33)14-21(18-8-6-4-3-5-7-9-18)28-30-26-24(34-2)15-20(25(29)27(26)31-28)19-10-12-35-13-11-19/h15-16,18-19,21H,3-14H2,1-2H3,(H,30,31). The molecule has 7 nitrogen and oxygen atoms in total. The number of benzene rings is 1. The Labute approximate surface area is 211 Å². The number of H-pyrrole nitrogens is 1. The maximum atomic E-state index is 15.9. The summed E-state index contributed by atoms with van der Waals surface area (Å²) in [5.74, 6) is 1.17. The van der Waals surface area contributed by atoms with Crippen LogP contribution in [0.5, 0.6) is 5.75 Å². The van der Waals surface area contributed by atoms with Gasteiger partial charge in [0, 0.05) is 25.6 Å². The Hall–Kier alpha value is -2.74. The molecule has 8 heteroatoms. The van der Waals surface area contributed by atoms with Crippen LogP contribution in [0.2, 0.25) is 0 Å². The number of carbonyl (C=O) groups excluding carboxylic acids is 1. The molecular formula is C28H36FN3O4. The quantitative estimate of drug-likeness (QED) is 0.369. The minimum absolute atomic E-state index is 0.0170. The third kappa shape index (κ3) is 5.05. The molecule has 1 aromatic carbocycles. The van der Waals surface area contributed by atoms with Gasteiger partial charge in [0.2, 0.25) is 0 Å². The van der Waals surface area contributed by atoms with Crippen LogP contribution in [0.15, 0.2) is 16.9 Å². The molecule has 2 fully saturated rings. The van der Waals surface area contributed by atoms with Gasteiger partial charge in [-0.2, -0.15) is 0 Å². The molecule has 1 N–H and O–H groups in total. The Morgan fingerprint density at radius 1 is 1.17 bits per heavy atom. The number of fused-ring (bicyclic) bond motifs is 1. The zero-order valence-corrected chi connectivity index (χ0v) is 21.3. The molecule has 36 heavy (non-hydrogen) atoms. The number of halogens is 1. The highest BCUT2D eigenvalue weighted by molar-refractivity contribution is 5.97. The molecule has 2 aromatic heterocycles. The van der Waals surface area contributed by atoms with Gasteiger partial charge >= 0.3 is 0 Å². The van der Waals surface area contributed by atoms with Crippen molar-refractivity contribution >= 4 is 16.8 Å². The van der Waals surface area contributed by atoms with Crippen LogP contribution in [0, 0.1) is 18.7 Å². The molecule has 0 spiro atoms. The predicted octanol–water partition coefficient (Wildman–Crippen LogP) is 6.62. The SMILES string of the molecule is COc1cc(C2CCOCC2)c(F)c2nc(C(CC(=O)c3conc3C)C3CCCCCCC3)[nH]c12. The second kappa shape index (κ2) is 11.1. The van der Waals surface area contributed by atoms with Crippen molar-refractivity contribution in [1.29, 1.82) is 0 Å². The van der Waals surface area contributed by atoms with Gasteiger partial charge in [0.15, 0.2) is 11.6 Å². The maximum Gasteiger partial charge on any atom is 0.168 e. The van der Waals surface area contributed by atoms with Crippen LogP contribution in [0.3, 0.4) is 0 Å². The number of nitrogens with zero attached hydrogens (tertiary/aromatic N) is 2. The zero-order chi connectivity index (χ0) is 25.1. The van der Waals surface area contributed by atoms with E-state index in [1.165, 1.54) is 25.5 Å². The van der Waals surface area contributed by atoms with E-state index in [1.54, 1.807) is 14.0 Å². The van der Waals surface area contributed by atoms with Gasteiger partial charge in [-0.3, -0.25) is 4.79 Å². The number of ether oxygens (including phenoxy) is 2. The van der Waals surface area contributed by atoms with Gasteiger partial charge in [-0.1, -0.05) is 37.3 Å². The first-order chi connectivity index (χ1) is 17.6. The second-order valence-corrected chi connectivity index (χ2v) is 10.4. The summed E-state index contributed by atoms with van der Waals surface area (Å²) < 4.78 is 32.1. The summed E-state index contributed by atoms with van der Waals surface area (Å²) in [5.41, 5.74) is 2.60. The van der Waals surface area contributed by atoms with Crippen LogP contribution >= 0.6 is 0 Å². The number of Topliss-reactive ketones (excluding diaryl/α,β-unsaturated/α-hetero) is 1. The Morgan fingerprint density at radius 2 is 1.89 bits per heavy atom. The number of carbonyl (C=O) groups is 1. The maximum absolute atomic E-state index is 15.9. The van der Waals surface area contributed by atoms with Gasteiger partial charge in [0.05, 0.1) is 18.4 Å². The molecule has 5 rings (SSSR count). The molecule has 0 amide bonds. The van der Waals surface area contributed by atoms with Crippen molar-refractivity contribution in [2.24, 2.45) is 5.92 Å². The van der Waals surface area contributed by atoms with E-state index in [-0.39, 0.29) is 29.9 Å². The first-order valence-corrected chi connectivity index (χ1v) is 13.3. The Morgan fingerprint density at radius 3 is 2.56 bits per heavy atom. The molecule has 1 saturated carbocycles. The zero-order valence-electron chi connectivity index (χ0n) is 21.3. The topological polar surface area (TPSA) is 90.2 Å². The fourth-order valence-corrected chi connectivity index (χ4v) is 6.03. The summed E-state index contributed by atoms with van der Waals surface area (Å²) in [5, 5.41) is 3.89. The van der Waals surface area contributed by atoms with E-state index in [0.717, 1.165) is 38.5 Å². The lowest BCUT2D eigenvalue weighted by Crippen LogP contribution is -2.20. The average molecular weight is 498 g/mol. The fourth-order valence-electron chi connectivity index (χ4n) is 6.03. The second-order valence-electron chi connectivity index (χ2n) is 10.4. The van der Waals surface area contributed by atoms with Crippen LogP contribution in [-0.4, -0.2) is 41.2 Å². The molecule has 1 unspecified atom stereocenters. The Bertz CT molecular complexity index is 1190. The number of aromatic nitrogens is 3. The van der Waals surface area contributed by atoms with E-state index in [4.69, 9.17) is 19.0 Å². The summed E-state index contributed by atoms with van der Waals surface area (Å²) in [6.45, 7) is 3.04. The van der Waals surface area contributed by atoms with Crippen molar-refractivity contribution in [3.05, 3.63) is 40.8 Å². The van der Waals surface area contributed by atoms with Gasteiger partial charge in [0.25, 0.3) is 0 Å². The monoisotopic (exact) mass is 497 g/mol. The molecule has 0 bridgehead atoms. The summed E-state index contributed by atoms with van der Waals surface area (Å²) in [7, 11) is 1.60. The molecule has 2 aliphatic rings. The van der Waals surface area contributed by atoms with Crippen molar-refractivity contribution in [3.8, 4) is 5.75 Å². The van der Waals surface area contributed by atoms with Gasteiger partial charge < -0.3 is 19.0 Å². The summed E-state index contributed by atoms with van der Waals surface area (Å²) >= 11 is 0. The molecule has 0 radical (unpaired) electrons. The molecule has 1 aliphatic carbocycles. The predicted molar refractivity (Wildman–Crippen MR) is 134 cm³/mol. The Balaban J connectivity index is 1.55. The van der Waals surface area contributed by atoms with Crippen molar-refractivity contribution in [1.82, 2.24) is 15.1 Å². The lowest BCUT2D eigenvalue weighted by atomic mass is 9.78. The summed E-state index contributed by atoms with van der Waals surface area (Å²) in [6.07, 6.45) is 11.3. The number of nitrogens with one attached hydrogen (secondary N) is 1. The number of imidazole rings is 1. The molecule has 194 valence electrons. The number of hydrogen-bond donors (Lipinski definition) is 1. The van der Waals surface area contributed by atoms with E-state index in [2.05, 4.69) is 10.1 Å². The number of methoxy groups -OCH3 is 1. The summed E-state index contributed by atoms with van der Waals surface area (Å²) in [6, 6.07) is 1.81. The minimum atomic E-state index is -0.294. The number of ketones is 1. The van der Waals surface area contributed by atoms with Gasteiger partial charge in [0.1, 0.15) is 28.9 Å². The van der Waals surface area contributed by atoms with Crippen LogP contribution in [-0.2, 0) is 4.74 Å². The van der Waals surface area contributed by atoms with E-state index < -0.39 is 0 Å². The molecule has 3 heterocycles. The van der Waals surface area contributed by atoms with Crippen molar-refractivity contribution < 1.29 is 23.2 Å². The number of aryl methyl sites for hydroxylation is 1. The van der Waals surface area contributed by atoms with Crippen LogP contribution in [0.25, 0.3) is 11.0 Å². The van der Waals surface area contributed by atoms with Crippen molar-refractivity contribution in [2.75, 3.05) is 20.3 Å². The normalized spacial score (nSPS) is 19.2.